The number of aromatic hydroxyl groups is 1. The van der Waals surface area contributed by atoms with Gasteiger partial charge in [0.15, 0.2) is 5.58 Å². The third kappa shape index (κ3) is 6.18. The van der Waals surface area contributed by atoms with Crippen LogP contribution < -0.4 is 0 Å². The fourth-order valence-corrected chi connectivity index (χ4v) is 5.25. The van der Waals surface area contributed by atoms with Crippen LogP contribution in [0.15, 0.2) is 88.3 Å². The van der Waals surface area contributed by atoms with Gasteiger partial charge in [-0.1, -0.05) is 110 Å². The van der Waals surface area contributed by atoms with Crippen molar-refractivity contribution in [2.75, 3.05) is 0 Å². The van der Waals surface area contributed by atoms with Gasteiger partial charge in [-0.15, -0.1) is 0 Å². The first-order valence-electron chi connectivity index (χ1n) is 14.8. The molecule has 4 heteroatoms. The number of rotatable bonds is 6. The molecule has 1 aromatic heterocycles. The smallest absolute Gasteiger partial charge is 0.229 e. The lowest BCUT2D eigenvalue weighted by molar-refractivity contribution is 0.444. The van der Waals surface area contributed by atoms with E-state index in [1.54, 1.807) is 6.21 Å². The van der Waals surface area contributed by atoms with Crippen LogP contribution in [-0.4, -0.2) is 16.3 Å². The van der Waals surface area contributed by atoms with Crippen molar-refractivity contribution in [3.8, 4) is 28.3 Å². The third-order valence-electron chi connectivity index (χ3n) is 7.62. The maximum Gasteiger partial charge on any atom is 0.229 e. The molecule has 0 aliphatic carbocycles. The predicted molar refractivity (Wildman–Crippen MR) is 176 cm³/mol. The first-order chi connectivity index (χ1) is 19.8. The average Bonchev–Trinajstić information content (AvgIpc) is 3.36. The first kappa shape index (κ1) is 29.3. The van der Waals surface area contributed by atoms with Crippen LogP contribution in [-0.2, 0) is 17.3 Å². The highest BCUT2D eigenvalue weighted by Crippen LogP contribution is 2.39. The standard InChI is InChI=1S/C38H42N2O2/c1-24(2)20-25-16-18-26(19-17-25)29-13-11-15-33-34(29)40-36(42-33)30-12-9-10-14-32(30)39-23-27-21-28(37(3,4)5)22-31(35(27)41)38(6,7)8/h9-19,21-24,41H,20H2,1-8H3. The molecule has 0 radical (unpaired) electrons. The molecular formula is C38H42N2O2. The van der Waals surface area contributed by atoms with E-state index in [1.165, 1.54) is 5.56 Å². The number of para-hydroxylation sites is 2. The van der Waals surface area contributed by atoms with E-state index in [0.29, 0.717) is 17.4 Å². The maximum atomic E-state index is 11.3. The van der Waals surface area contributed by atoms with E-state index in [4.69, 9.17) is 14.4 Å². The normalized spacial score (nSPS) is 12.6. The molecule has 0 saturated heterocycles. The number of oxazole rings is 1. The van der Waals surface area contributed by atoms with Gasteiger partial charge in [-0.25, -0.2) is 4.98 Å². The van der Waals surface area contributed by atoms with Gasteiger partial charge in [-0.2, -0.15) is 0 Å². The fraction of sp³-hybridized carbons (Fsp3) is 0.316. The zero-order chi connectivity index (χ0) is 30.2. The van der Waals surface area contributed by atoms with Crippen molar-refractivity contribution in [3.05, 3.63) is 101 Å². The topological polar surface area (TPSA) is 58.6 Å². The Balaban J connectivity index is 1.55. The lowest BCUT2D eigenvalue weighted by Gasteiger charge is -2.27. The van der Waals surface area contributed by atoms with Crippen molar-refractivity contribution in [2.24, 2.45) is 10.9 Å². The van der Waals surface area contributed by atoms with Gasteiger partial charge in [0.05, 0.1) is 11.3 Å². The van der Waals surface area contributed by atoms with Crippen molar-refractivity contribution >= 4 is 23.0 Å². The summed E-state index contributed by atoms with van der Waals surface area (Å²) >= 11 is 0. The molecule has 1 N–H and O–H groups in total. The van der Waals surface area contributed by atoms with Crippen LogP contribution in [0.5, 0.6) is 5.75 Å². The Kier molecular flexibility index (Phi) is 7.85. The number of phenolic OH excluding ortho intramolecular Hbond substituents is 1. The van der Waals surface area contributed by atoms with Crippen LogP contribution in [0.4, 0.5) is 5.69 Å². The van der Waals surface area contributed by atoms with E-state index >= 15 is 0 Å². The van der Waals surface area contributed by atoms with E-state index in [0.717, 1.165) is 51.0 Å². The fourth-order valence-electron chi connectivity index (χ4n) is 5.25. The van der Waals surface area contributed by atoms with Crippen LogP contribution in [0.3, 0.4) is 0 Å². The van der Waals surface area contributed by atoms with Gasteiger partial charge in [0.1, 0.15) is 11.3 Å². The van der Waals surface area contributed by atoms with Gasteiger partial charge in [0.2, 0.25) is 5.89 Å². The van der Waals surface area contributed by atoms with Crippen molar-refractivity contribution in [1.82, 2.24) is 4.98 Å². The highest BCUT2D eigenvalue weighted by atomic mass is 16.3. The van der Waals surface area contributed by atoms with Gasteiger partial charge in [0, 0.05) is 22.9 Å². The zero-order valence-electron chi connectivity index (χ0n) is 26.1. The molecular weight excluding hydrogens is 516 g/mol. The maximum absolute atomic E-state index is 11.3. The van der Waals surface area contributed by atoms with E-state index in [-0.39, 0.29) is 16.6 Å². The molecule has 0 amide bonds. The Morgan fingerprint density at radius 3 is 2.19 bits per heavy atom. The molecule has 0 bridgehead atoms. The lowest BCUT2D eigenvalue weighted by atomic mass is 9.79. The molecule has 216 valence electrons. The molecule has 0 spiro atoms. The second-order valence-electron chi connectivity index (χ2n) is 13.7. The Morgan fingerprint density at radius 1 is 0.833 bits per heavy atom. The van der Waals surface area contributed by atoms with Crippen LogP contribution >= 0.6 is 0 Å². The molecule has 0 unspecified atom stereocenters. The summed E-state index contributed by atoms with van der Waals surface area (Å²) in [5.74, 6) is 1.40. The number of hydrogen-bond acceptors (Lipinski definition) is 4. The molecule has 0 atom stereocenters. The Hall–Kier alpha value is -4.18. The predicted octanol–water partition coefficient (Wildman–Crippen LogP) is 10.4. The summed E-state index contributed by atoms with van der Waals surface area (Å²) in [6.07, 6.45) is 2.82. The largest absolute Gasteiger partial charge is 0.507 e. The van der Waals surface area contributed by atoms with Gasteiger partial charge >= 0.3 is 0 Å². The molecule has 4 aromatic carbocycles. The Morgan fingerprint density at radius 2 is 1.52 bits per heavy atom. The van der Waals surface area contributed by atoms with Gasteiger partial charge < -0.3 is 9.52 Å². The lowest BCUT2D eigenvalue weighted by Crippen LogP contribution is -2.17. The number of phenols is 1. The highest BCUT2D eigenvalue weighted by Gasteiger charge is 2.24. The summed E-state index contributed by atoms with van der Waals surface area (Å²) in [6, 6.07) is 26.8. The van der Waals surface area contributed by atoms with Crippen molar-refractivity contribution in [2.45, 2.75) is 72.6 Å². The monoisotopic (exact) mass is 558 g/mol. The molecule has 4 nitrogen and oxygen atoms in total. The molecule has 1 heterocycles. The van der Waals surface area contributed by atoms with E-state index in [2.05, 4.69) is 91.8 Å². The first-order valence-corrected chi connectivity index (χ1v) is 14.8. The Bertz CT molecular complexity index is 1740. The average molecular weight is 559 g/mol. The van der Waals surface area contributed by atoms with Crippen molar-refractivity contribution in [1.29, 1.82) is 0 Å². The van der Waals surface area contributed by atoms with Gasteiger partial charge in [0.25, 0.3) is 0 Å². The minimum atomic E-state index is -0.212. The molecule has 0 fully saturated rings. The van der Waals surface area contributed by atoms with Crippen LogP contribution in [0.2, 0.25) is 0 Å². The number of aliphatic imine (C=N–C) groups is 1. The molecule has 42 heavy (non-hydrogen) atoms. The van der Waals surface area contributed by atoms with Crippen LogP contribution in [0.25, 0.3) is 33.7 Å². The second kappa shape index (κ2) is 11.2. The number of fused-ring (bicyclic) bond motifs is 1. The minimum Gasteiger partial charge on any atom is -0.507 e. The highest BCUT2D eigenvalue weighted by molar-refractivity contribution is 5.93. The van der Waals surface area contributed by atoms with Gasteiger partial charge in [-0.3, -0.25) is 4.99 Å². The summed E-state index contributed by atoms with van der Waals surface area (Å²) in [7, 11) is 0. The summed E-state index contributed by atoms with van der Waals surface area (Å²) in [5.41, 5.74) is 9.05. The molecule has 5 aromatic rings. The minimum absolute atomic E-state index is 0.0706. The van der Waals surface area contributed by atoms with Crippen molar-refractivity contribution in [3.63, 3.8) is 0 Å². The molecule has 0 saturated carbocycles. The van der Waals surface area contributed by atoms with Gasteiger partial charge in [-0.05, 0) is 64.1 Å². The molecule has 5 rings (SSSR count). The number of aromatic nitrogens is 1. The van der Waals surface area contributed by atoms with E-state index < -0.39 is 0 Å². The second-order valence-corrected chi connectivity index (χ2v) is 13.7. The van der Waals surface area contributed by atoms with Crippen molar-refractivity contribution < 1.29 is 9.52 Å². The third-order valence-corrected chi connectivity index (χ3v) is 7.62. The quantitative estimate of drug-likeness (QED) is 0.211. The number of benzene rings is 4. The SMILES string of the molecule is CC(C)Cc1ccc(-c2cccc3oc(-c4ccccc4N=Cc4cc(C(C)(C)C)cc(C(C)(C)C)c4O)nc23)cc1. The summed E-state index contributed by atoms with van der Waals surface area (Å²) in [5, 5.41) is 11.3. The summed E-state index contributed by atoms with van der Waals surface area (Å²) in [6.45, 7) is 17.4. The number of nitrogens with zero attached hydrogens (tertiary/aromatic N) is 2. The zero-order valence-corrected chi connectivity index (χ0v) is 26.1. The molecule has 0 aliphatic rings. The number of hydrogen-bond donors (Lipinski definition) is 1. The van der Waals surface area contributed by atoms with E-state index in [1.807, 2.05) is 42.5 Å². The van der Waals surface area contributed by atoms with E-state index in [9.17, 15) is 5.11 Å². The summed E-state index contributed by atoms with van der Waals surface area (Å²) in [4.78, 5) is 9.83. The van der Waals surface area contributed by atoms with Crippen LogP contribution in [0, 0.1) is 5.92 Å². The Labute approximate surface area is 250 Å². The molecule has 0 aliphatic heterocycles. The summed E-state index contributed by atoms with van der Waals surface area (Å²) < 4.78 is 6.30. The van der Waals surface area contributed by atoms with Crippen LogP contribution in [0.1, 0.15) is 77.6 Å².